The number of hydrogen-bond acceptors (Lipinski definition) is 3. The van der Waals surface area contributed by atoms with Crippen LogP contribution in [0.3, 0.4) is 0 Å². The van der Waals surface area contributed by atoms with Crippen molar-refractivity contribution < 1.29 is 9.13 Å². The van der Waals surface area contributed by atoms with Crippen LogP contribution < -0.4 is 10.6 Å². The molecule has 0 spiro atoms. The molecule has 2 aliphatic heterocycles. The number of guanidine groups is 1. The third-order valence-corrected chi connectivity index (χ3v) is 5.54. The zero-order valence-electron chi connectivity index (χ0n) is 17.2. The second kappa shape index (κ2) is 10.7. The highest BCUT2D eigenvalue weighted by atomic mass is 127. The van der Waals surface area contributed by atoms with E-state index < -0.39 is 0 Å². The molecule has 0 bridgehead atoms. The lowest BCUT2D eigenvalue weighted by Crippen LogP contribution is -2.51. The molecule has 0 saturated carbocycles. The van der Waals surface area contributed by atoms with Crippen molar-refractivity contribution in [2.45, 2.75) is 51.2 Å². The molecular weight excluding hydrogens is 470 g/mol. The molecule has 158 valence electrons. The number of morpholine rings is 1. The van der Waals surface area contributed by atoms with E-state index in [1.54, 1.807) is 12.1 Å². The molecule has 2 N–H and O–H groups in total. The van der Waals surface area contributed by atoms with Crippen molar-refractivity contribution in [1.29, 1.82) is 0 Å². The summed E-state index contributed by atoms with van der Waals surface area (Å²) in [5, 5.41) is 6.72. The SMILES string of the molecule is CCNC(=NCC(C)(C)c1cccc(F)c1)NCC1CN2CCCC2CO1.I. The highest BCUT2D eigenvalue weighted by molar-refractivity contribution is 14.0. The standard InChI is InChI=1S/C21H33FN4O.HI/c1-4-23-20(24-12-19-13-26-10-6-9-18(26)14-27-19)25-15-21(2,3)16-7-5-8-17(22)11-16;/h5,7-8,11,18-19H,4,6,9-10,12-15H2,1-3H3,(H2,23,24,25);1H. The van der Waals surface area contributed by atoms with Crippen LogP contribution in [0, 0.1) is 5.82 Å². The fourth-order valence-corrected chi connectivity index (χ4v) is 3.84. The van der Waals surface area contributed by atoms with Crippen LogP contribution in [-0.4, -0.2) is 62.3 Å². The monoisotopic (exact) mass is 504 g/mol. The highest BCUT2D eigenvalue weighted by Crippen LogP contribution is 2.24. The smallest absolute Gasteiger partial charge is 0.191 e. The lowest BCUT2D eigenvalue weighted by atomic mass is 9.85. The van der Waals surface area contributed by atoms with Gasteiger partial charge in [-0.1, -0.05) is 26.0 Å². The summed E-state index contributed by atoms with van der Waals surface area (Å²) < 4.78 is 19.6. The van der Waals surface area contributed by atoms with Gasteiger partial charge >= 0.3 is 0 Å². The molecule has 7 heteroatoms. The number of halogens is 2. The van der Waals surface area contributed by atoms with Crippen molar-refractivity contribution in [3.8, 4) is 0 Å². The van der Waals surface area contributed by atoms with E-state index in [4.69, 9.17) is 9.73 Å². The van der Waals surface area contributed by atoms with E-state index in [9.17, 15) is 4.39 Å². The van der Waals surface area contributed by atoms with Crippen LogP contribution in [0.4, 0.5) is 4.39 Å². The number of aliphatic imine (C=N–C) groups is 1. The van der Waals surface area contributed by atoms with Gasteiger partial charge in [-0.3, -0.25) is 9.89 Å². The van der Waals surface area contributed by atoms with Gasteiger partial charge in [0.25, 0.3) is 0 Å². The number of fused-ring (bicyclic) bond motifs is 1. The van der Waals surface area contributed by atoms with Gasteiger partial charge in [-0.2, -0.15) is 0 Å². The first-order valence-electron chi connectivity index (χ1n) is 10.1. The molecule has 2 aliphatic rings. The first-order chi connectivity index (χ1) is 13.0. The van der Waals surface area contributed by atoms with Gasteiger partial charge in [0.1, 0.15) is 5.82 Å². The molecule has 2 fully saturated rings. The molecule has 1 aromatic carbocycles. The van der Waals surface area contributed by atoms with Crippen molar-refractivity contribution >= 4 is 29.9 Å². The molecular formula is C21H34FIN4O. The Morgan fingerprint density at radius 3 is 2.93 bits per heavy atom. The number of benzene rings is 1. The van der Waals surface area contributed by atoms with Gasteiger partial charge in [0.15, 0.2) is 5.96 Å². The number of nitrogens with one attached hydrogen (secondary N) is 2. The molecule has 28 heavy (non-hydrogen) atoms. The number of ether oxygens (including phenoxy) is 1. The summed E-state index contributed by atoms with van der Waals surface area (Å²) in [5.74, 6) is 0.582. The molecule has 0 amide bonds. The molecule has 2 unspecified atom stereocenters. The van der Waals surface area contributed by atoms with Gasteiger partial charge in [-0.05, 0) is 44.0 Å². The topological polar surface area (TPSA) is 48.9 Å². The van der Waals surface area contributed by atoms with Gasteiger partial charge in [0, 0.05) is 31.1 Å². The van der Waals surface area contributed by atoms with Crippen LogP contribution in [0.25, 0.3) is 0 Å². The zero-order valence-corrected chi connectivity index (χ0v) is 19.5. The van der Waals surface area contributed by atoms with Crippen LogP contribution in [0.5, 0.6) is 0 Å². The Morgan fingerprint density at radius 2 is 2.18 bits per heavy atom. The predicted octanol–water partition coefficient (Wildman–Crippen LogP) is 3.14. The van der Waals surface area contributed by atoms with Crippen molar-refractivity contribution in [3.63, 3.8) is 0 Å². The highest BCUT2D eigenvalue weighted by Gasteiger charge is 2.32. The Kier molecular flexibility index (Phi) is 8.95. The first kappa shape index (κ1) is 23.3. The van der Waals surface area contributed by atoms with Crippen LogP contribution in [-0.2, 0) is 10.2 Å². The lowest BCUT2D eigenvalue weighted by molar-refractivity contribution is -0.0453. The Balaban J connectivity index is 0.00000280. The van der Waals surface area contributed by atoms with E-state index >= 15 is 0 Å². The van der Waals surface area contributed by atoms with Gasteiger partial charge in [0.05, 0.1) is 19.3 Å². The lowest BCUT2D eigenvalue weighted by Gasteiger charge is -2.35. The van der Waals surface area contributed by atoms with Crippen LogP contribution in [0.15, 0.2) is 29.3 Å². The fraction of sp³-hybridized carbons (Fsp3) is 0.667. The number of rotatable bonds is 6. The third kappa shape index (κ3) is 6.29. The summed E-state index contributed by atoms with van der Waals surface area (Å²) in [4.78, 5) is 7.29. The Labute approximate surface area is 185 Å². The molecule has 2 saturated heterocycles. The summed E-state index contributed by atoms with van der Waals surface area (Å²) in [6.45, 7) is 11.4. The Bertz CT molecular complexity index is 655. The van der Waals surface area contributed by atoms with E-state index in [0.717, 1.165) is 37.8 Å². The second-order valence-electron chi connectivity index (χ2n) is 8.22. The summed E-state index contributed by atoms with van der Waals surface area (Å²) in [5.41, 5.74) is 0.715. The quantitative estimate of drug-likeness (QED) is 0.355. The summed E-state index contributed by atoms with van der Waals surface area (Å²) in [6.07, 6.45) is 2.74. The van der Waals surface area contributed by atoms with E-state index in [0.29, 0.717) is 12.6 Å². The molecule has 0 aliphatic carbocycles. The average Bonchev–Trinajstić information content (AvgIpc) is 3.12. The molecule has 0 aromatic heterocycles. The van der Waals surface area contributed by atoms with E-state index in [2.05, 4.69) is 36.3 Å². The normalized spacial score (nSPS) is 23.1. The predicted molar refractivity (Wildman–Crippen MR) is 123 cm³/mol. The maximum atomic E-state index is 13.6. The molecule has 2 heterocycles. The Hall–Kier alpha value is -0.930. The van der Waals surface area contributed by atoms with Crippen molar-refractivity contribution in [2.75, 3.05) is 39.3 Å². The van der Waals surface area contributed by atoms with Crippen molar-refractivity contribution in [1.82, 2.24) is 15.5 Å². The molecule has 3 rings (SSSR count). The van der Waals surface area contributed by atoms with Crippen LogP contribution in [0.2, 0.25) is 0 Å². The minimum Gasteiger partial charge on any atom is -0.373 e. The van der Waals surface area contributed by atoms with Crippen LogP contribution in [0.1, 0.15) is 39.2 Å². The second-order valence-corrected chi connectivity index (χ2v) is 8.22. The fourth-order valence-electron chi connectivity index (χ4n) is 3.84. The maximum Gasteiger partial charge on any atom is 0.191 e. The van der Waals surface area contributed by atoms with Gasteiger partial charge in [-0.25, -0.2) is 4.39 Å². The van der Waals surface area contributed by atoms with Gasteiger partial charge < -0.3 is 15.4 Å². The minimum atomic E-state index is -0.242. The maximum absolute atomic E-state index is 13.6. The van der Waals surface area contributed by atoms with Crippen molar-refractivity contribution in [2.24, 2.45) is 4.99 Å². The number of hydrogen-bond donors (Lipinski definition) is 2. The van der Waals surface area contributed by atoms with Crippen LogP contribution >= 0.6 is 24.0 Å². The molecule has 5 nitrogen and oxygen atoms in total. The zero-order chi connectivity index (χ0) is 19.3. The van der Waals surface area contributed by atoms with E-state index in [1.165, 1.54) is 25.5 Å². The summed E-state index contributed by atoms with van der Waals surface area (Å²) >= 11 is 0. The summed E-state index contributed by atoms with van der Waals surface area (Å²) in [6, 6.07) is 7.41. The molecule has 2 atom stereocenters. The van der Waals surface area contributed by atoms with Gasteiger partial charge in [-0.15, -0.1) is 24.0 Å². The van der Waals surface area contributed by atoms with E-state index in [-0.39, 0.29) is 41.3 Å². The average molecular weight is 504 g/mol. The van der Waals surface area contributed by atoms with Gasteiger partial charge in [0.2, 0.25) is 0 Å². The summed E-state index contributed by atoms with van der Waals surface area (Å²) in [7, 11) is 0. The van der Waals surface area contributed by atoms with Crippen molar-refractivity contribution in [3.05, 3.63) is 35.6 Å². The molecule has 0 radical (unpaired) electrons. The first-order valence-corrected chi connectivity index (χ1v) is 10.1. The molecule has 1 aromatic rings. The largest absolute Gasteiger partial charge is 0.373 e. The minimum absolute atomic E-state index is 0. The number of nitrogens with zero attached hydrogens (tertiary/aromatic N) is 2. The Morgan fingerprint density at radius 1 is 1.36 bits per heavy atom. The van der Waals surface area contributed by atoms with E-state index in [1.807, 2.05) is 6.07 Å². The third-order valence-electron chi connectivity index (χ3n) is 5.54.